The minimum Gasteiger partial charge on any atom is -0.384 e. The lowest BCUT2D eigenvalue weighted by Gasteiger charge is -2.15. The smallest absolute Gasteiger partial charge is 0.214 e. The monoisotopic (exact) mass is 364 g/mol. The van der Waals surface area contributed by atoms with Gasteiger partial charge in [-0.3, -0.25) is 4.57 Å². The van der Waals surface area contributed by atoms with Crippen LogP contribution in [0.15, 0.2) is 48.8 Å². The quantitative estimate of drug-likeness (QED) is 0.562. The minimum atomic E-state index is 0.397. The third-order valence-corrected chi connectivity index (χ3v) is 4.72. The molecule has 0 spiro atoms. The summed E-state index contributed by atoms with van der Waals surface area (Å²) < 4.78 is 1.92. The first-order chi connectivity index (χ1) is 12.5. The lowest BCUT2D eigenvalue weighted by molar-refractivity contribution is 1.00. The van der Waals surface area contributed by atoms with Gasteiger partial charge in [-0.25, -0.2) is 15.0 Å². The zero-order valence-corrected chi connectivity index (χ0v) is 15.1. The van der Waals surface area contributed by atoms with Crippen LogP contribution in [-0.4, -0.2) is 19.5 Å². The molecule has 130 valence electrons. The van der Waals surface area contributed by atoms with Crippen LogP contribution in [0.25, 0.3) is 16.9 Å². The topological polar surface area (TPSA) is 81.7 Å². The van der Waals surface area contributed by atoms with Crippen molar-refractivity contribution >= 4 is 40.1 Å². The highest BCUT2D eigenvalue weighted by molar-refractivity contribution is 6.31. The third kappa shape index (κ3) is 2.74. The van der Waals surface area contributed by atoms with E-state index < -0.39 is 0 Å². The second-order valence-corrected chi connectivity index (χ2v) is 6.46. The Bertz CT molecular complexity index is 1120. The van der Waals surface area contributed by atoms with Crippen LogP contribution in [0, 0.1) is 13.8 Å². The number of rotatable bonds is 3. The van der Waals surface area contributed by atoms with Gasteiger partial charge in [-0.15, -0.1) is 0 Å². The number of nitrogens with zero attached hydrogens (tertiary/aromatic N) is 4. The Hall–Kier alpha value is -3.12. The van der Waals surface area contributed by atoms with Crippen molar-refractivity contribution in [1.82, 2.24) is 19.5 Å². The first-order valence-corrected chi connectivity index (χ1v) is 8.50. The molecular weight excluding hydrogens is 348 g/mol. The van der Waals surface area contributed by atoms with Crippen LogP contribution in [0.5, 0.6) is 0 Å². The maximum atomic E-state index is 6.30. The van der Waals surface area contributed by atoms with Gasteiger partial charge in [0.2, 0.25) is 5.95 Å². The summed E-state index contributed by atoms with van der Waals surface area (Å²) in [5.74, 6) is 1.68. The third-order valence-electron chi connectivity index (χ3n) is 4.31. The molecule has 0 saturated heterocycles. The number of fused-ring (bicyclic) bond motifs is 1. The molecular formula is C19H17ClN6. The van der Waals surface area contributed by atoms with Crippen molar-refractivity contribution in [3.63, 3.8) is 0 Å². The van der Waals surface area contributed by atoms with Crippen LogP contribution in [0.3, 0.4) is 0 Å². The van der Waals surface area contributed by atoms with E-state index in [1.807, 2.05) is 54.8 Å². The molecule has 0 fully saturated rings. The number of aromatic nitrogens is 4. The molecule has 2 heterocycles. The number of aryl methyl sites for hydroxylation is 1. The molecule has 7 heteroatoms. The average molecular weight is 365 g/mol. The minimum absolute atomic E-state index is 0.397. The molecule has 0 unspecified atom stereocenters. The first-order valence-electron chi connectivity index (χ1n) is 8.12. The second kappa shape index (κ2) is 6.31. The molecule has 0 amide bonds. The summed E-state index contributed by atoms with van der Waals surface area (Å²) in [5.41, 5.74) is 10.6. The fourth-order valence-corrected chi connectivity index (χ4v) is 3.11. The van der Waals surface area contributed by atoms with E-state index in [9.17, 15) is 0 Å². The Morgan fingerprint density at radius 3 is 2.69 bits per heavy atom. The SMILES string of the molecule is Cc1ccc(Cl)c(C)c1Nc1nc2ccccc2n1-c1cc(N)ncn1. The Morgan fingerprint density at radius 1 is 1.08 bits per heavy atom. The van der Waals surface area contributed by atoms with Crippen LogP contribution >= 0.6 is 11.6 Å². The summed E-state index contributed by atoms with van der Waals surface area (Å²) in [4.78, 5) is 13.1. The Labute approximate surface area is 155 Å². The predicted molar refractivity (Wildman–Crippen MR) is 105 cm³/mol. The van der Waals surface area contributed by atoms with E-state index in [0.717, 1.165) is 27.8 Å². The summed E-state index contributed by atoms with van der Waals surface area (Å²) in [6, 6.07) is 13.5. The van der Waals surface area contributed by atoms with Crippen molar-refractivity contribution in [2.24, 2.45) is 0 Å². The van der Waals surface area contributed by atoms with E-state index in [4.69, 9.17) is 22.3 Å². The number of hydrogen-bond donors (Lipinski definition) is 2. The maximum Gasteiger partial charge on any atom is 0.214 e. The van der Waals surface area contributed by atoms with Crippen LogP contribution in [0.1, 0.15) is 11.1 Å². The summed E-state index contributed by atoms with van der Waals surface area (Å²) in [6.07, 6.45) is 1.44. The zero-order valence-electron chi connectivity index (χ0n) is 14.4. The van der Waals surface area contributed by atoms with Crippen molar-refractivity contribution in [2.75, 3.05) is 11.1 Å². The van der Waals surface area contributed by atoms with Gasteiger partial charge in [0.05, 0.1) is 11.0 Å². The van der Waals surface area contributed by atoms with Gasteiger partial charge in [-0.05, 0) is 43.2 Å². The molecule has 0 aliphatic heterocycles. The fourth-order valence-electron chi connectivity index (χ4n) is 2.95. The van der Waals surface area contributed by atoms with Gasteiger partial charge in [0.1, 0.15) is 18.0 Å². The number of hydrogen-bond acceptors (Lipinski definition) is 5. The number of nitrogen functional groups attached to an aromatic ring is 1. The number of nitrogens with one attached hydrogen (secondary N) is 1. The molecule has 6 nitrogen and oxygen atoms in total. The molecule has 0 saturated carbocycles. The summed E-state index contributed by atoms with van der Waals surface area (Å²) in [6.45, 7) is 4.01. The highest BCUT2D eigenvalue weighted by Crippen LogP contribution is 2.32. The Kier molecular flexibility index (Phi) is 3.97. The molecule has 0 aliphatic carbocycles. The average Bonchev–Trinajstić information content (AvgIpc) is 3.00. The zero-order chi connectivity index (χ0) is 18.3. The molecule has 4 aromatic rings. The van der Waals surface area contributed by atoms with Gasteiger partial charge in [0.25, 0.3) is 0 Å². The molecule has 2 aromatic carbocycles. The lowest BCUT2D eigenvalue weighted by Crippen LogP contribution is -2.06. The van der Waals surface area contributed by atoms with Gasteiger partial charge >= 0.3 is 0 Å². The van der Waals surface area contributed by atoms with Crippen molar-refractivity contribution in [3.05, 3.63) is 64.9 Å². The van der Waals surface area contributed by atoms with Gasteiger partial charge in [0.15, 0.2) is 0 Å². The Morgan fingerprint density at radius 2 is 1.88 bits per heavy atom. The number of imidazole rings is 1. The standard InChI is InChI=1S/C19H17ClN6/c1-11-7-8-13(20)12(2)18(11)25-19-24-14-5-3-4-6-15(14)26(19)17-9-16(21)22-10-23-17/h3-10H,1-2H3,(H,24,25)(H2,21,22,23). The predicted octanol–water partition coefficient (Wildman–Crippen LogP) is 4.41. The summed E-state index contributed by atoms with van der Waals surface area (Å²) in [7, 11) is 0. The molecule has 3 N–H and O–H groups in total. The van der Waals surface area contributed by atoms with Crippen LogP contribution in [-0.2, 0) is 0 Å². The van der Waals surface area contributed by atoms with Crippen LogP contribution in [0.4, 0.5) is 17.5 Å². The highest BCUT2D eigenvalue weighted by atomic mass is 35.5. The molecule has 4 rings (SSSR count). The van der Waals surface area contributed by atoms with Gasteiger partial charge in [-0.2, -0.15) is 0 Å². The molecule has 2 aromatic heterocycles. The van der Waals surface area contributed by atoms with Crippen molar-refractivity contribution in [2.45, 2.75) is 13.8 Å². The second-order valence-electron chi connectivity index (χ2n) is 6.05. The van der Waals surface area contributed by atoms with E-state index in [1.165, 1.54) is 6.33 Å². The number of halogens is 1. The van der Waals surface area contributed by atoms with Gasteiger partial charge in [0, 0.05) is 16.8 Å². The number of anilines is 3. The number of para-hydroxylation sites is 2. The van der Waals surface area contributed by atoms with Crippen LogP contribution < -0.4 is 11.1 Å². The van der Waals surface area contributed by atoms with E-state index >= 15 is 0 Å². The van der Waals surface area contributed by atoms with Gasteiger partial charge in [-0.1, -0.05) is 29.8 Å². The molecule has 0 radical (unpaired) electrons. The van der Waals surface area contributed by atoms with E-state index in [0.29, 0.717) is 22.6 Å². The summed E-state index contributed by atoms with van der Waals surface area (Å²) >= 11 is 6.30. The van der Waals surface area contributed by atoms with Crippen molar-refractivity contribution in [3.8, 4) is 5.82 Å². The van der Waals surface area contributed by atoms with E-state index in [-0.39, 0.29) is 0 Å². The number of benzene rings is 2. The summed E-state index contributed by atoms with van der Waals surface area (Å²) in [5, 5.41) is 4.12. The van der Waals surface area contributed by atoms with E-state index in [2.05, 4.69) is 15.3 Å². The van der Waals surface area contributed by atoms with Crippen molar-refractivity contribution < 1.29 is 0 Å². The molecule has 26 heavy (non-hydrogen) atoms. The van der Waals surface area contributed by atoms with Crippen molar-refractivity contribution in [1.29, 1.82) is 0 Å². The molecule has 0 atom stereocenters. The van der Waals surface area contributed by atoms with E-state index in [1.54, 1.807) is 6.07 Å². The van der Waals surface area contributed by atoms with Crippen LogP contribution in [0.2, 0.25) is 5.02 Å². The number of nitrogens with two attached hydrogens (primary N) is 1. The lowest BCUT2D eigenvalue weighted by atomic mass is 10.1. The Balaban J connectivity index is 1.94. The fraction of sp³-hybridized carbons (Fsp3) is 0.105. The molecule has 0 aliphatic rings. The molecule has 0 bridgehead atoms. The largest absolute Gasteiger partial charge is 0.384 e. The normalized spacial score (nSPS) is 11.0. The van der Waals surface area contributed by atoms with Gasteiger partial charge < -0.3 is 11.1 Å². The maximum absolute atomic E-state index is 6.30. The first kappa shape index (κ1) is 16.4. The highest BCUT2D eigenvalue weighted by Gasteiger charge is 2.16.